The fraction of sp³-hybridized carbons (Fsp3) is 0.909. The lowest BCUT2D eigenvalue weighted by Gasteiger charge is -2.28. The molecule has 1 unspecified atom stereocenters. The molecule has 0 saturated heterocycles. The Morgan fingerprint density at radius 1 is 1.35 bits per heavy atom. The Morgan fingerprint density at radius 2 is 1.88 bits per heavy atom. The predicted molar refractivity (Wildman–Crippen MR) is 66.6 cm³/mol. The average molecular weight is 259 g/mol. The Balaban J connectivity index is 2.57. The van der Waals surface area contributed by atoms with E-state index in [1.165, 1.54) is 19.8 Å². The molecule has 1 aliphatic rings. The molecule has 0 bridgehead atoms. The van der Waals surface area contributed by atoms with Crippen LogP contribution < -0.4 is 10.5 Å². The molecule has 98 valence electrons. The molecule has 1 aliphatic carbocycles. The number of hydrogen-bond acceptors (Lipinski definition) is 4. The van der Waals surface area contributed by atoms with E-state index in [1.807, 2.05) is 0 Å². The number of sulfonamides is 1. The summed E-state index contributed by atoms with van der Waals surface area (Å²) in [4.78, 5) is 0. The molecular weight excluding hydrogens is 238 g/mol. The number of rotatable bonds is 4. The Hall–Kier alpha value is -0.640. The third-order valence-corrected chi connectivity index (χ3v) is 4.96. The van der Waals surface area contributed by atoms with E-state index < -0.39 is 20.8 Å². The summed E-state index contributed by atoms with van der Waals surface area (Å²) >= 11 is 0. The Kier molecular flexibility index (Phi) is 4.92. The SMILES string of the molecule is CC(C#N)S(=O)(=O)NCC1(N)CCCCCC1. The lowest BCUT2D eigenvalue weighted by atomic mass is 9.92. The van der Waals surface area contributed by atoms with Crippen molar-refractivity contribution in [3.63, 3.8) is 0 Å². The summed E-state index contributed by atoms with van der Waals surface area (Å²) in [7, 11) is -3.55. The zero-order valence-electron chi connectivity index (χ0n) is 10.3. The lowest BCUT2D eigenvalue weighted by Crippen LogP contribution is -2.50. The standard InChI is InChI=1S/C11H21N3O2S/c1-10(8-12)17(15,16)14-9-11(13)6-4-2-3-5-7-11/h10,14H,2-7,9,13H2,1H3. The van der Waals surface area contributed by atoms with E-state index in [4.69, 9.17) is 11.0 Å². The third kappa shape index (κ3) is 4.26. The molecule has 1 saturated carbocycles. The van der Waals surface area contributed by atoms with Crippen molar-refractivity contribution in [1.29, 1.82) is 5.26 Å². The Morgan fingerprint density at radius 3 is 2.35 bits per heavy atom. The van der Waals surface area contributed by atoms with Crippen LogP contribution in [0.25, 0.3) is 0 Å². The van der Waals surface area contributed by atoms with E-state index in [2.05, 4.69) is 4.72 Å². The number of nitrogens with one attached hydrogen (secondary N) is 1. The van der Waals surface area contributed by atoms with Gasteiger partial charge < -0.3 is 5.73 Å². The molecule has 0 radical (unpaired) electrons. The van der Waals surface area contributed by atoms with Gasteiger partial charge in [-0.3, -0.25) is 0 Å². The summed E-state index contributed by atoms with van der Waals surface area (Å²) in [6, 6.07) is 1.73. The molecule has 1 rings (SSSR count). The van der Waals surface area contributed by atoms with Crippen LogP contribution in [-0.4, -0.2) is 25.8 Å². The average Bonchev–Trinajstić information content (AvgIpc) is 2.51. The molecule has 17 heavy (non-hydrogen) atoms. The predicted octanol–water partition coefficient (Wildman–Crippen LogP) is 0.870. The van der Waals surface area contributed by atoms with Gasteiger partial charge in [-0.2, -0.15) is 5.26 Å². The van der Waals surface area contributed by atoms with Crippen LogP contribution in [0, 0.1) is 11.3 Å². The summed E-state index contributed by atoms with van der Waals surface area (Å²) < 4.78 is 25.8. The first-order chi connectivity index (χ1) is 7.90. The molecule has 0 aliphatic heterocycles. The van der Waals surface area contributed by atoms with Gasteiger partial charge in [0.1, 0.15) is 0 Å². The van der Waals surface area contributed by atoms with Gasteiger partial charge in [-0.25, -0.2) is 13.1 Å². The minimum absolute atomic E-state index is 0.237. The van der Waals surface area contributed by atoms with Gasteiger partial charge in [0.05, 0.1) is 6.07 Å². The van der Waals surface area contributed by atoms with Gasteiger partial charge >= 0.3 is 0 Å². The van der Waals surface area contributed by atoms with Crippen molar-refractivity contribution in [2.75, 3.05) is 6.54 Å². The molecule has 0 aromatic carbocycles. The molecule has 0 amide bonds. The number of nitriles is 1. The molecule has 3 N–H and O–H groups in total. The smallest absolute Gasteiger partial charge is 0.227 e. The van der Waals surface area contributed by atoms with E-state index in [9.17, 15) is 8.42 Å². The summed E-state index contributed by atoms with van der Waals surface area (Å²) in [5.74, 6) is 0. The fourth-order valence-corrected chi connectivity index (χ4v) is 2.93. The third-order valence-electron chi connectivity index (χ3n) is 3.37. The second-order valence-corrected chi connectivity index (χ2v) is 7.00. The highest BCUT2D eigenvalue weighted by molar-refractivity contribution is 7.90. The monoisotopic (exact) mass is 259 g/mol. The second kappa shape index (κ2) is 5.80. The largest absolute Gasteiger partial charge is 0.324 e. The summed E-state index contributed by atoms with van der Waals surface area (Å²) in [6.07, 6.45) is 6.12. The first-order valence-corrected chi connectivity index (χ1v) is 7.61. The fourth-order valence-electron chi connectivity index (χ4n) is 2.05. The van der Waals surface area contributed by atoms with Gasteiger partial charge in [0.15, 0.2) is 5.25 Å². The van der Waals surface area contributed by atoms with Crippen molar-refractivity contribution in [2.45, 2.75) is 56.2 Å². The second-order valence-electron chi connectivity index (χ2n) is 4.91. The van der Waals surface area contributed by atoms with Crippen molar-refractivity contribution in [1.82, 2.24) is 4.72 Å². The maximum atomic E-state index is 11.6. The zero-order valence-corrected chi connectivity index (χ0v) is 11.1. The van der Waals surface area contributed by atoms with Crippen LogP contribution in [0.1, 0.15) is 45.4 Å². The van der Waals surface area contributed by atoms with Crippen LogP contribution in [0.4, 0.5) is 0 Å². The lowest BCUT2D eigenvalue weighted by molar-refractivity contribution is 0.368. The van der Waals surface area contributed by atoms with E-state index >= 15 is 0 Å². The molecular formula is C11H21N3O2S. The van der Waals surface area contributed by atoms with Crippen molar-refractivity contribution in [2.24, 2.45) is 5.73 Å². The van der Waals surface area contributed by atoms with Crippen molar-refractivity contribution < 1.29 is 8.42 Å². The van der Waals surface area contributed by atoms with Gasteiger partial charge in [0.2, 0.25) is 10.0 Å². The number of nitrogens with zero attached hydrogens (tertiary/aromatic N) is 1. The van der Waals surface area contributed by atoms with Gasteiger partial charge in [-0.1, -0.05) is 25.7 Å². The van der Waals surface area contributed by atoms with Gasteiger partial charge in [0, 0.05) is 12.1 Å². The Bertz CT molecular complexity index is 378. The van der Waals surface area contributed by atoms with E-state index in [0.29, 0.717) is 0 Å². The summed E-state index contributed by atoms with van der Waals surface area (Å²) in [5, 5.41) is 7.59. The highest BCUT2D eigenvalue weighted by Gasteiger charge is 2.29. The topological polar surface area (TPSA) is 96.0 Å². The maximum absolute atomic E-state index is 11.6. The first kappa shape index (κ1) is 14.4. The first-order valence-electron chi connectivity index (χ1n) is 6.07. The molecule has 0 aromatic rings. The molecule has 1 atom stereocenters. The van der Waals surface area contributed by atoms with Crippen molar-refractivity contribution in [3.05, 3.63) is 0 Å². The maximum Gasteiger partial charge on any atom is 0.227 e. The van der Waals surface area contributed by atoms with Crippen LogP contribution in [0.15, 0.2) is 0 Å². The minimum Gasteiger partial charge on any atom is -0.324 e. The van der Waals surface area contributed by atoms with Crippen LogP contribution in [0.5, 0.6) is 0 Å². The van der Waals surface area contributed by atoms with Crippen LogP contribution >= 0.6 is 0 Å². The molecule has 0 heterocycles. The van der Waals surface area contributed by atoms with E-state index in [0.717, 1.165) is 25.7 Å². The molecule has 5 nitrogen and oxygen atoms in total. The van der Waals surface area contributed by atoms with Gasteiger partial charge in [-0.05, 0) is 19.8 Å². The summed E-state index contributed by atoms with van der Waals surface area (Å²) in [6.45, 7) is 1.61. The highest BCUT2D eigenvalue weighted by atomic mass is 32.2. The number of nitrogens with two attached hydrogens (primary N) is 1. The van der Waals surface area contributed by atoms with E-state index in [-0.39, 0.29) is 6.54 Å². The molecule has 0 spiro atoms. The highest BCUT2D eigenvalue weighted by Crippen LogP contribution is 2.24. The van der Waals surface area contributed by atoms with Crippen LogP contribution in [0.2, 0.25) is 0 Å². The van der Waals surface area contributed by atoms with Crippen LogP contribution in [0.3, 0.4) is 0 Å². The van der Waals surface area contributed by atoms with Crippen LogP contribution in [-0.2, 0) is 10.0 Å². The van der Waals surface area contributed by atoms with E-state index in [1.54, 1.807) is 6.07 Å². The molecule has 0 aromatic heterocycles. The zero-order chi connectivity index (χ0) is 12.9. The number of hydrogen-bond donors (Lipinski definition) is 2. The minimum atomic E-state index is -3.55. The normalized spacial score (nSPS) is 22.4. The molecule has 6 heteroatoms. The molecule has 1 fully saturated rings. The summed E-state index contributed by atoms with van der Waals surface area (Å²) in [5.41, 5.74) is 5.75. The van der Waals surface area contributed by atoms with Crippen molar-refractivity contribution in [3.8, 4) is 6.07 Å². The quantitative estimate of drug-likeness (QED) is 0.732. The Labute approximate surface area is 103 Å². The van der Waals surface area contributed by atoms with Gasteiger partial charge in [0.25, 0.3) is 0 Å². The van der Waals surface area contributed by atoms with Gasteiger partial charge in [-0.15, -0.1) is 0 Å². The van der Waals surface area contributed by atoms with Crippen molar-refractivity contribution >= 4 is 10.0 Å².